The van der Waals surface area contributed by atoms with Crippen LogP contribution in [0.1, 0.15) is 35.1 Å². The minimum Gasteiger partial charge on any atom is -0.759 e. The second-order valence-corrected chi connectivity index (χ2v) is 15.1. The van der Waals surface area contributed by atoms with Gasteiger partial charge in [-0.1, -0.05) is 36.4 Å². The molecule has 2 aromatic carbocycles. The molecule has 0 saturated carbocycles. The highest BCUT2D eigenvalue weighted by molar-refractivity contribution is 7.79. The predicted molar refractivity (Wildman–Crippen MR) is 166 cm³/mol. The molecule has 8 aliphatic rings. The summed E-state index contributed by atoms with van der Waals surface area (Å²) < 4.78 is 46.3. The Bertz CT molecular complexity index is 1690. The highest BCUT2D eigenvalue weighted by atomic mass is 32.3. The molecule has 0 unspecified atom stereocenters. The second-order valence-electron chi connectivity index (χ2n) is 14.3. The first-order valence-electron chi connectivity index (χ1n) is 16.1. The minimum absolute atomic E-state index is 0.160. The molecule has 2 saturated heterocycles. The van der Waals surface area contributed by atoms with Gasteiger partial charge in [0.15, 0.2) is 23.0 Å². The van der Waals surface area contributed by atoms with Gasteiger partial charge in [0.1, 0.15) is 24.4 Å². The summed E-state index contributed by atoms with van der Waals surface area (Å²) in [6, 6.07) is 8.45. The third kappa shape index (κ3) is 4.30. The zero-order chi connectivity index (χ0) is 33.2. The molecule has 10 atom stereocenters. The molecular formula is C34H38N2O10S-2. The van der Waals surface area contributed by atoms with E-state index in [4.69, 9.17) is 27.0 Å². The van der Waals surface area contributed by atoms with E-state index in [9.17, 15) is 20.4 Å². The fourth-order valence-corrected chi connectivity index (χ4v) is 10.5. The fraction of sp³-hybridized carbons (Fsp3) is 0.529. The number of hydrogen-bond acceptors (Lipinski definition) is 12. The maximum atomic E-state index is 10.4. The van der Waals surface area contributed by atoms with E-state index < -0.39 is 22.6 Å². The van der Waals surface area contributed by atoms with Gasteiger partial charge in [0.2, 0.25) is 0 Å². The summed E-state index contributed by atoms with van der Waals surface area (Å²) in [6.45, 7) is 2.02. The summed E-state index contributed by atoms with van der Waals surface area (Å²) in [5, 5.41) is 41.3. The quantitative estimate of drug-likeness (QED) is 0.178. The third-order valence-corrected chi connectivity index (χ3v) is 12.3. The maximum absolute atomic E-state index is 10.4. The van der Waals surface area contributed by atoms with Crippen LogP contribution in [0.2, 0.25) is 0 Å². The number of likely N-dealkylation sites (N-methyl/N-ethyl adjacent to an activating group) is 2. The number of aliphatic hydroxyl groups is 2. The highest BCUT2D eigenvalue weighted by Gasteiger charge is 2.65. The van der Waals surface area contributed by atoms with Crippen LogP contribution in [-0.4, -0.2) is 111 Å². The van der Waals surface area contributed by atoms with Crippen molar-refractivity contribution < 1.29 is 47.4 Å². The molecule has 13 heteroatoms. The van der Waals surface area contributed by atoms with Crippen molar-refractivity contribution in [1.29, 1.82) is 0 Å². The van der Waals surface area contributed by atoms with E-state index >= 15 is 0 Å². The van der Waals surface area contributed by atoms with Crippen LogP contribution in [0.5, 0.6) is 23.0 Å². The highest BCUT2D eigenvalue weighted by Crippen LogP contribution is 2.63. The number of phenols is 2. The SMILES string of the molecule is CN1CC[C@]23c4c5ccc(O)c4O[C@H]2[C@@H](O)C=C[C@H]3[C@H]1C5.CN1CC[C@]23c4c5ccc(O)c4O[C@H]2[C@@H](O)C=C[C@H]3[C@H]1C5.O=S(=O)([O-])[O-]. The van der Waals surface area contributed by atoms with Crippen LogP contribution in [0, 0.1) is 11.8 Å². The van der Waals surface area contributed by atoms with Gasteiger partial charge in [-0.3, -0.25) is 8.42 Å². The van der Waals surface area contributed by atoms with Gasteiger partial charge in [0.05, 0.1) is 0 Å². The summed E-state index contributed by atoms with van der Waals surface area (Å²) in [6.07, 6.45) is 10.4. The number of aromatic hydroxyl groups is 2. The van der Waals surface area contributed by atoms with Crippen molar-refractivity contribution in [2.45, 2.75) is 73.0 Å². The van der Waals surface area contributed by atoms with Crippen molar-refractivity contribution in [3.8, 4) is 23.0 Å². The lowest BCUT2D eigenvalue weighted by Crippen LogP contribution is -2.64. The summed E-state index contributed by atoms with van der Waals surface area (Å²) >= 11 is 0. The van der Waals surface area contributed by atoms with Gasteiger partial charge in [0.25, 0.3) is 0 Å². The molecule has 0 aromatic heterocycles. The van der Waals surface area contributed by atoms with E-state index in [1.54, 1.807) is 12.1 Å². The summed E-state index contributed by atoms with van der Waals surface area (Å²) in [4.78, 5) is 4.87. The van der Waals surface area contributed by atoms with Crippen molar-refractivity contribution in [2.24, 2.45) is 11.8 Å². The number of benzene rings is 2. The number of hydrogen-bond donors (Lipinski definition) is 4. The number of rotatable bonds is 0. The van der Waals surface area contributed by atoms with Crippen LogP contribution in [0.4, 0.5) is 0 Å². The van der Waals surface area contributed by atoms with Gasteiger partial charge < -0.3 is 48.8 Å². The zero-order valence-corrected chi connectivity index (χ0v) is 26.8. The van der Waals surface area contributed by atoms with Crippen LogP contribution in [0.15, 0.2) is 48.6 Å². The molecule has 4 N–H and O–H groups in total. The molecule has 4 bridgehead atoms. The van der Waals surface area contributed by atoms with Gasteiger partial charge in [-0.15, -0.1) is 0 Å². The van der Waals surface area contributed by atoms with Crippen molar-refractivity contribution in [3.05, 3.63) is 70.8 Å². The summed E-state index contributed by atoms with van der Waals surface area (Å²) in [5.74, 6) is 2.38. The van der Waals surface area contributed by atoms with E-state index in [0.29, 0.717) is 35.4 Å². The number of aliphatic hydroxyl groups excluding tert-OH is 2. The molecule has 2 fully saturated rings. The largest absolute Gasteiger partial charge is 0.759 e. The molecule has 4 aliphatic heterocycles. The van der Waals surface area contributed by atoms with Crippen molar-refractivity contribution in [2.75, 3.05) is 27.2 Å². The zero-order valence-electron chi connectivity index (χ0n) is 26.0. The number of likely N-dealkylation sites (tertiary alicyclic amines) is 2. The van der Waals surface area contributed by atoms with E-state index in [1.165, 1.54) is 22.3 Å². The Kier molecular flexibility index (Phi) is 6.90. The molecule has 47 heavy (non-hydrogen) atoms. The Balaban J connectivity index is 0.000000121. The molecule has 0 radical (unpaired) electrons. The lowest BCUT2D eigenvalue weighted by molar-refractivity contribution is -0.0453. The van der Waals surface area contributed by atoms with Crippen molar-refractivity contribution >= 4 is 10.4 Å². The molecule has 10 rings (SSSR count). The standard InChI is InChI=1S/2C17H19NO3.H2O4S/c2*1-18-7-6-17-10-3-5-13(20)16(17)21-15-12(19)4-2-9(14(15)17)8-11(10)18;1-5(2,3)4/h2*2-5,10-11,13,16,19-20H,6-8H2,1H3;(H2,1,2,3,4)/p-2/t2*10-,11+,13-,16-,17-;/m00./s1. The molecule has 252 valence electrons. The van der Waals surface area contributed by atoms with Crippen LogP contribution < -0.4 is 9.47 Å². The first kappa shape index (κ1) is 31.1. The average Bonchev–Trinajstić information content (AvgIpc) is 3.56. The molecule has 12 nitrogen and oxygen atoms in total. The molecule has 4 heterocycles. The number of phenolic OH excluding ortho intramolecular Hbond substituents is 2. The lowest BCUT2D eigenvalue weighted by atomic mass is 9.53. The Hall–Kier alpha value is -3.17. The maximum Gasteiger partial charge on any atom is 0.165 e. The minimum atomic E-state index is -5.17. The Morgan fingerprint density at radius 3 is 1.49 bits per heavy atom. The van der Waals surface area contributed by atoms with Crippen molar-refractivity contribution in [3.63, 3.8) is 0 Å². The van der Waals surface area contributed by atoms with E-state index in [-0.39, 0.29) is 34.5 Å². The normalized spacial score (nSPS) is 39.3. The summed E-state index contributed by atoms with van der Waals surface area (Å²) in [5.41, 5.74) is 4.58. The topological polar surface area (TPSA) is 186 Å². The molecule has 0 amide bonds. The molecular weight excluding hydrogens is 628 g/mol. The van der Waals surface area contributed by atoms with Crippen LogP contribution in [0.25, 0.3) is 0 Å². The van der Waals surface area contributed by atoms with E-state index in [0.717, 1.165) is 38.8 Å². The van der Waals surface area contributed by atoms with Gasteiger partial charge >= 0.3 is 0 Å². The van der Waals surface area contributed by atoms with Crippen LogP contribution in [-0.2, 0) is 34.1 Å². The first-order chi connectivity index (χ1) is 22.3. The summed E-state index contributed by atoms with van der Waals surface area (Å²) in [7, 11) is -0.791. The van der Waals surface area contributed by atoms with Crippen LogP contribution in [0.3, 0.4) is 0 Å². The van der Waals surface area contributed by atoms with Gasteiger partial charge in [-0.2, -0.15) is 0 Å². The van der Waals surface area contributed by atoms with E-state index in [2.05, 4.69) is 36.0 Å². The number of piperidine rings is 2. The molecule has 4 aliphatic carbocycles. The smallest absolute Gasteiger partial charge is 0.165 e. The molecule has 2 spiro atoms. The van der Waals surface area contributed by atoms with Gasteiger partial charge in [-0.05, 0) is 76.1 Å². The lowest BCUT2D eigenvalue weighted by Gasteiger charge is -2.56. The van der Waals surface area contributed by atoms with Crippen molar-refractivity contribution in [1.82, 2.24) is 9.80 Å². The predicted octanol–water partition coefficient (Wildman–Crippen LogP) is 1.06. The van der Waals surface area contributed by atoms with Gasteiger partial charge in [0, 0.05) is 56.3 Å². The Morgan fingerprint density at radius 2 is 1.11 bits per heavy atom. The number of nitrogens with zero attached hydrogens (tertiary/aromatic N) is 2. The third-order valence-electron chi connectivity index (χ3n) is 12.3. The van der Waals surface area contributed by atoms with Crippen LogP contribution >= 0.6 is 0 Å². The average molecular weight is 667 g/mol. The monoisotopic (exact) mass is 666 g/mol. The fourth-order valence-electron chi connectivity index (χ4n) is 10.5. The number of ether oxygens (including phenoxy) is 2. The van der Waals surface area contributed by atoms with E-state index in [1.807, 2.05) is 24.3 Å². The first-order valence-corrected chi connectivity index (χ1v) is 17.4. The Labute approximate surface area is 273 Å². The second kappa shape index (κ2) is 10.4. The van der Waals surface area contributed by atoms with Gasteiger partial charge in [-0.25, -0.2) is 0 Å². The Morgan fingerprint density at radius 1 is 0.723 bits per heavy atom. The molecule has 2 aromatic rings.